The van der Waals surface area contributed by atoms with Crippen LogP contribution in [0.4, 0.5) is 0 Å². The van der Waals surface area contributed by atoms with E-state index in [1.807, 2.05) is 55.4 Å². The lowest BCUT2D eigenvalue weighted by molar-refractivity contribution is -0.243. The lowest BCUT2D eigenvalue weighted by Gasteiger charge is -2.45. The molecular formula is C28H44N2O4. The molecular weight excluding hydrogens is 428 g/mol. The molecule has 0 unspecified atom stereocenters. The second-order valence-corrected chi connectivity index (χ2v) is 11.8. The highest BCUT2D eigenvalue weighted by molar-refractivity contribution is 5.69. The van der Waals surface area contributed by atoms with Gasteiger partial charge in [-0.15, -0.1) is 10.1 Å². The Morgan fingerprint density at radius 3 is 1.26 bits per heavy atom. The van der Waals surface area contributed by atoms with Gasteiger partial charge in [0, 0.05) is 25.7 Å². The van der Waals surface area contributed by atoms with Crippen LogP contribution in [0.1, 0.15) is 120 Å². The van der Waals surface area contributed by atoms with Gasteiger partial charge in [-0.25, -0.2) is 0 Å². The van der Waals surface area contributed by atoms with Gasteiger partial charge in [0.25, 0.3) is 0 Å². The highest BCUT2D eigenvalue weighted by atomic mass is 16.7. The van der Waals surface area contributed by atoms with Crippen molar-refractivity contribution in [3.8, 4) is 23.7 Å². The van der Waals surface area contributed by atoms with Crippen molar-refractivity contribution in [2.24, 2.45) is 0 Å². The molecule has 0 aromatic rings. The SMILES string of the molecule is CC1(C)C#CCC(C)(C)N1OC(=O)CCCCCCCCC(=O)ON1C(C)(C)C#CCC1(C)C. The predicted molar refractivity (Wildman–Crippen MR) is 134 cm³/mol. The Balaban J connectivity index is 1.59. The number of hydrogen-bond donors (Lipinski definition) is 0. The van der Waals surface area contributed by atoms with Crippen LogP contribution in [0.15, 0.2) is 0 Å². The van der Waals surface area contributed by atoms with Crippen LogP contribution in [-0.2, 0) is 19.3 Å². The van der Waals surface area contributed by atoms with Crippen LogP contribution in [0, 0.1) is 23.7 Å². The van der Waals surface area contributed by atoms with Crippen LogP contribution in [0.2, 0.25) is 0 Å². The Labute approximate surface area is 207 Å². The molecule has 6 nitrogen and oxygen atoms in total. The van der Waals surface area contributed by atoms with Crippen LogP contribution >= 0.6 is 0 Å². The van der Waals surface area contributed by atoms with Crippen molar-refractivity contribution in [2.75, 3.05) is 0 Å². The monoisotopic (exact) mass is 472 g/mol. The predicted octanol–water partition coefficient (Wildman–Crippen LogP) is 5.56. The molecule has 2 heterocycles. The van der Waals surface area contributed by atoms with Crippen molar-refractivity contribution >= 4 is 11.9 Å². The van der Waals surface area contributed by atoms with E-state index >= 15 is 0 Å². The van der Waals surface area contributed by atoms with E-state index in [0.29, 0.717) is 25.7 Å². The lowest BCUT2D eigenvalue weighted by atomic mass is 9.90. The summed E-state index contributed by atoms with van der Waals surface area (Å²) in [4.78, 5) is 36.2. The smallest absolute Gasteiger partial charge is 0.325 e. The van der Waals surface area contributed by atoms with Crippen LogP contribution < -0.4 is 0 Å². The normalized spacial score (nSPS) is 22.0. The van der Waals surface area contributed by atoms with E-state index in [-0.39, 0.29) is 23.0 Å². The maximum atomic E-state index is 12.4. The average Bonchev–Trinajstić information content (AvgIpc) is 2.69. The van der Waals surface area contributed by atoms with E-state index in [2.05, 4.69) is 23.7 Å². The van der Waals surface area contributed by atoms with E-state index in [1.165, 1.54) is 0 Å². The fourth-order valence-electron chi connectivity index (χ4n) is 4.73. The molecule has 0 saturated carbocycles. The van der Waals surface area contributed by atoms with Crippen molar-refractivity contribution in [1.29, 1.82) is 0 Å². The Hall–Kier alpha value is -2.02. The van der Waals surface area contributed by atoms with Gasteiger partial charge < -0.3 is 9.68 Å². The third-order valence-corrected chi connectivity index (χ3v) is 6.34. The topological polar surface area (TPSA) is 59.1 Å². The molecule has 0 spiro atoms. The van der Waals surface area contributed by atoms with Gasteiger partial charge in [0.15, 0.2) is 0 Å². The number of rotatable bonds is 11. The third-order valence-electron chi connectivity index (χ3n) is 6.34. The van der Waals surface area contributed by atoms with Crippen molar-refractivity contribution in [1.82, 2.24) is 10.1 Å². The van der Waals surface area contributed by atoms with Crippen molar-refractivity contribution in [2.45, 2.75) is 142 Å². The minimum Gasteiger partial charge on any atom is -0.366 e. The summed E-state index contributed by atoms with van der Waals surface area (Å²) in [7, 11) is 0. The average molecular weight is 473 g/mol. The summed E-state index contributed by atoms with van der Waals surface area (Å²) in [6.07, 6.45) is 7.81. The molecule has 0 aliphatic carbocycles. The van der Waals surface area contributed by atoms with Crippen LogP contribution in [0.25, 0.3) is 0 Å². The van der Waals surface area contributed by atoms with Gasteiger partial charge in [-0.1, -0.05) is 49.4 Å². The number of nitrogens with zero attached hydrogens (tertiary/aromatic N) is 2. The molecule has 0 amide bonds. The van der Waals surface area contributed by atoms with E-state index in [9.17, 15) is 9.59 Å². The van der Waals surface area contributed by atoms with Gasteiger partial charge in [-0.2, -0.15) is 0 Å². The van der Waals surface area contributed by atoms with Gasteiger partial charge in [0.2, 0.25) is 0 Å². The molecule has 34 heavy (non-hydrogen) atoms. The molecule has 2 aliphatic rings. The highest BCUT2D eigenvalue weighted by Gasteiger charge is 2.43. The number of hydroxylamine groups is 4. The summed E-state index contributed by atoms with van der Waals surface area (Å²) in [6.45, 7) is 16.1. The van der Waals surface area contributed by atoms with Crippen molar-refractivity contribution in [3.63, 3.8) is 0 Å². The molecule has 0 fully saturated rings. The minimum atomic E-state index is -0.481. The van der Waals surface area contributed by atoms with Gasteiger partial charge in [-0.3, -0.25) is 9.59 Å². The Morgan fingerprint density at radius 2 is 0.941 bits per heavy atom. The minimum absolute atomic E-state index is 0.194. The van der Waals surface area contributed by atoms with Gasteiger partial charge in [0.1, 0.15) is 11.1 Å². The molecule has 2 aliphatic heterocycles. The fraction of sp³-hybridized carbons (Fsp3) is 0.786. The molecule has 0 radical (unpaired) electrons. The molecule has 0 aromatic carbocycles. The third kappa shape index (κ3) is 7.76. The maximum absolute atomic E-state index is 12.4. The van der Waals surface area contributed by atoms with Crippen LogP contribution in [-0.4, -0.2) is 44.2 Å². The number of unbranched alkanes of at least 4 members (excludes halogenated alkanes) is 5. The second-order valence-electron chi connectivity index (χ2n) is 11.8. The molecule has 6 heteroatoms. The van der Waals surface area contributed by atoms with Crippen molar-refractivity contribution < 1.29 is 19.3 Å². The zero-order chi connectivity index (χ0) is 25.6. The molecule has 0 N–H and O–H groups in total. The summed E-state index contributed by atoms with van der Waals surface area (Å²) in [5.74, 6) is 12.3. The Bertz CT molecular complexity index is 792. The van der Waals surface area contributed by atoms with Crippen LogP contribution in [0.3, 0.4) is 0 Å². The van der Waals surface area contributed by atoms with Gasteiger partial charge >= 0.3 is 11.9 Å². The quantitative estimate of drug-likeness (QED) is 0.290. The highest BCUT2D eigenvalue weighted by Crippen LogP contribution is 2.32. The number of carbonyl (C=O) groups is 2. The standard InChI is InChI=1S/C28H44N2O4/c1-25(2)19-15-20-26(3,4)29(25)33-23(31)17-13-11-9-10-12-14-18-24(32)34-30-27(5,6)21-16-22-28(30,7)8/h9-14,17-19,21H2,1-8H3. The lowest BCUT2D eigenvalue weighted by Crippen LogP contribution is -2.57. The molecule has 190 valence electrons. The number of hydrogen-bond acceptors (Lipinski definition) is 6. The van der Waals surface area contributed by atoms with E-state index in [1.54, 1.807) is 10.1 Å². The summed E-state index contributed by atoms with van der Waals surface area (Å²) >= 11 is 0. The summed E-state index contributed by atoms with van der Waals surface area (Å²) in [5.41, 5.74) is -1.55. The zero-order valence-corrected chi connectivity index (χ0v) is 22.6. The molecule has 0 bridgehead atoms. The van der Waals surface area contributed by atoms with Gasteiger partial charge in [0.05, 0.1) is 11.1 Å². The molecule has 0 saturated heterocycles. The molecule has 0 atom stereocenters. The van der Waals surface area contributed by atoms with E-state index < -0.39 is 11.1 Å². The first kappa shape index (κ1) is 28.2. The Morgan fingerprint density at radius 1 is 0.618 bits per heavy atom. The first-order valence-corrected chi connectivity index (χ1v) is 12.7. The first-order valence-electron chi connectivity index (χ1n) is 12.7. The molecule has 0 aromatic heterocycles. The van der Waals surface area contributed by atoms with Crippen LogP contribution in [0.5, 0.6) is 0 Å². The summed E-state index contributed by atoms with van der Waals surface area (Å²) in [6, 6.07) is 0. The first-order chi connectivity index (χ1) is 15.7. The summed E-state index contributed by atoms with van der Waals surface area (Å²) < 4.78 is 0. The largest absolute Gasteiger partial charge is 0.366 e. The van der Waals surface area contributed by atoms with E-state index in [4.69, 9.17) is 9.68 Å². The molecule has 2 rings (SSSR count). The maximum Gasteiger partial charge on any atom is 0.325 e. The number of carbonyl (C=O) groups excluding carboxylic acids is 2. The van der Waals surface area contributed by atoms with Gasteiger partial charge in [-0.05, 0) is 68.2 Å². The fourth-order valence-corrected chi connectivity index (χ4v) is 4.73. The van der Waals surface area contributed by atoms with E-state index in [0.717, 1.165) is 38.5 Å². The second kappa shape index (κ2) is 11.1. The summed E-state index contributed by atoms with van der Waals surface area (Å²) in [5, 5.41) is 3.52. The Kier molecular flexibility index (Phi) is 9.25. The zero-order valence-electron chi connectivity index (χ0n) is 22.6. The van der Waals surface area contributed by atoms with Crippen molar-refractivity contribution in [3.05, 3.63) is 0 Å².